The molecule has 26 heavy (non-hydrogen) atoms. The van der Waals surface area contributed by atoms with E-state index < -0.39 is 0 Å². The van der Waals surface area contributed by atoms with Crippen LogP contribution in [-0.4, -0.2) is 42.4 Å². The van der Waals surface area contributed by atoms with E-state index in [0.29, 0.717) is 23.2 Å². The molecular formula is C15H15FN6O2S2. The number of aryl methyl sites for hydroxylation is 2. The molecule has 3 aromatic rings. The lowest BCUT2D eigenvalue weighted by Gasteiger charge is -2.03. The monoisotopic (exact) mass is 394 g/mol. The van der Waals surface area contributed by atoms with Crippen molar-refractivity contribution in [2.24, 2.45) is 7.05 Å². The third-order valence-corrected chi connectivity index (χ3v) is 4.97. The van der Waals surface area contributed by atoms with Crippen LogP contribution in [-0.2, 0) is 18.3 Å². The van der Waals surface area contributed by atoms with Gasteiger partial charge in [-0.05, 0) is 24.3 Å². The zero-order chi connectivity index (χ0) is 18.4. The van der Waals surface area contributed by atoms with Gasteiger partial charge in [0.1, 0.15) is 12.1 Å². The molecule has 0 aliphatic carbocycles. The second-order valence-electron chi connectivity index (χ2n) is 5.13. The molecule has 11 heteroatoms. The molecule has 1 aromatic carbocycles. The summed E-state index contributed by atoms with van der Waals surface area (Å²) in [5.41, 5.74) is 0.531. The number of rotatable bonds is 8. The van der Waals surface area contributed by atoms with Crippen LogP contribution in [0.15, 0.2) is 45.4 Å². The smallest absolute Gasteiger partial charge is 0.277 e. The second kappa shape index (κ2) is 8.81. The lowest BCUT2D eigenvalue weighted by molar-refractivity contribution is -0.113. The highest BCUT2D eigenvalue weighted by atomic mass is 32.2. The van der Waals surface area contributed by atoms with E-state index in [4.69, 9.17) is 4.42 Å². The third-order valence-electron chi connectivity index (χ3n) is 3.12. The highest BCUT2D eigenvalue weighted by molar-refractivity contribution is 7.99. The number of amides is 1. The Bertz CT molecular complexity index is 867. The van der Waals surface area contributed by atoms with Gasteiger partial charge in [0.05, 0.1) is 5.75 Å². The van der Waals surface area contributed by atoms with E-state index in [1.165, 1.54) is 24.3 Å². The maximum Gasteiger partial charge on any atom is 0.277 e. The van der Waals surface area contributed by atoms with Crippen LogP contribution in [0.2, 0.25) is 0 Å². The Kier molecular flexibility index (Phi) is 6.23. The Morgan fingerprint density at radius 3 is 2.77 bits per heavy atom. The Morgan fingerprint density at radius 1 is 1.23 bits per heavy atom. The van der Waals surface area contributed by atoms with Crippen molar-refractivity contribution >= 4 is 35.1 Å². The van der Waals surface area contributed by atoms with E-state index in [0.717, 1.165) is 22.7 Å². The highest BCUT2D eigenvalue weighted by Crippen LogP contribution is 2.19. The Morgan fingerprint density at radius 2 is 2.04 bits per heavy atom. The van der Waals surface area contributed by atoms with E-state index in [-0.39, 0.29) is 17.5 Å². The molecule has 0 fully saturated rings. The van der Waals surface area contributed by atoms with Gasteiger partial charge in [-0.1, -0.05) is 23.5 Å². The first-order chi connectivity index (χ1) is 12.6. The molecule has 0 atom stereocenters. The molecule has 0 saturated heterocycles. The van der Waals surface area contributed by atoms with Gasteiger partial charge in [-0.25, -0.2) is 4.39 Å². The quantitative estimate of drug-likeness (QED) is 0.582. The first-order valence-electron chi connectivity index (χ1n) is 7.57. The van der Waals surface area contributed by atoms with Crippen molar-refractivity contribution in [1.82, 2.24) is 25.0 Å². The molecule has 0 aliphatic rings. The standard InChI is InChI=1S/C15H15FN6O2S2/c1-22-9-17-20-14(22)25-7-6-13-19-21-15(24-13)26-8-12(23)18-11-4-2-10(16)3-5-11/h2-5,9H,6-8H2,1H3,(H,18,23). The first-order valence-corrected chi connectivity index (χ1v) is 9.54. The van der Waals surface area contributed by atoms with Crippen molar-refractivity contribution in [3.05, 3.63) is 42.3 Å². The highest BCUT2D eigenvalue weighted by Gasteiger charge is 2.11. The van der Waals surface area contributed by atoms with Crippen molar-refractivity contribution in [1.29, 1.82) is 0 Å². The zero-order valence-electron chi connectivity index (χ0n) is 13.8. The van der Waals surface area contributed by atoms with Gasteiger partial charge in [-0.2, -0.15) is 0 Å². The van der Waals surface area contributed by atoms with E-state index in [2.05, 4.69) is 25.7 Å². The summed E-state index contributed by atoms with van der Waals surface area (Å²) >= 11 is 2.69. The molecule has 2 heterocycles. The number of hydrogen-bond acceptors (Lipinski definition) is 8. The van der Waals surface area contributed by atoms with Crippen LogP contribution in [0.5, 0.6) is 0 Å². The lowest BCUT2D eigenvalue weighted by atomic mass is 10.3. The molecule has 0 unspecified atom stereocenters. The SMILES string of the molecule is Cn1cnnc1SCCc1nnc(SCC(=O)Nc2ccc(F)cc2)o1. The van der Waals surface area contributed by atoms with Crippen LogP contribution in [0.1, 0.15) is 5.89 Å². The molecule has 0 bridgehead atoms. The molecule has 1 amide bonds. The molecule has 2 aromatic heterocycles. The van der Waals surface area contributed by atoms with Crippen molar-refractivity contribution in [3.63, 3.8) is 0 Å². The normalized spacial score (nSPS) is 10.8. The summed E-state index contributed by atoms with van der Waals surface area (Å²) in [5.74, 6) is 0.754. The maximum absolute atomic E-state index is 12.8. The number of carbonyl (C=O) groups is 1. The van der Waals surface area contributed by atoms with Crippen molar-refractivity contribution < 1.29 is 13.6 Å². The molecule has 8 nitrogen and oxygen atoms in total. The summed E-state index contributed by atoms with van der Waals surface area (Å²) < 4.78 is 20.2. The first kappa shape index (κ1) is 18.4. The predicted molar refractivity (Wildman–Crippen MR) is 95.5 cm³/mol. The summed E-state index contributed by atoms with van der Waals surface area (Å²) in [6, 6.07) is 5.56. The second-order valence-corrected chi connectivity index (χ2v) is 7.12. The number of carbonyl (C=O) groups excluding carboxylic acids is 1. The number of benzene rings is 1. The van der Waals surface area contributed by atoms with Crippen LogP contribution < -0.4 is 5.32 Å². The number of nitrogens with one attached hydrogen (secondary N) is 1. The summed E-state index contributed by atoms with van der Waals surface area (Å²) in [7, 11) is 1.88. The summed E-state index contributed by atoms with van der Waals surface area (Å²) in [6.45, 7) is 0. The summed E-state index contributed by atoms with van der Waals surface area (Å²) in [6.07, 6.45) is 2.23. The Labute approximate surface area is 157 Å². The van der Waals surface area contributed by atoms with Crippen molar-refractivity contribution in [3.8, 4) is 0 Å². The molecular weight excluding hydrogens is 379 g/mol. The minimum absolute atomic E-state index is 0.118. The fraction of sp³-hybridized carbons (Fsp3) is 0.267. The van der Waals surface area contributed by atoms with Crippen LogP contribution in [0.25, 0.3) is 0 Å². The molecule has 0 radical (unpaired) electrons. The van der Waals surface area contributed by atoms with Gasteiger partial charge in [0.2, 0.25) is 11.8 Å². The van der Waals surface area contributed by atoms with Gasteiger partial charge in [0.25, 0.3) is 5.22 Å². The van der Waals surface area contributed by atoms with E-state index in [1.54, 1.807) is 18.1 Å². The molecule has 0 spiro atoms. The summed E-state index contributed by atoms with van der Waals surface area (Å²) in [5, 5.41) is 19.5. The van der Waals surface area contributed by atoms with Gasteiger partial charge in [-0.3, -0.25) is 4.79 Å². The molecule has 0 aliphatic heterocycles. The van der Waals surface area contributed by atoms with E-state index in [1.807, 2.05) is 11.6 Å². The zero-order valence-corrected chi connectivity index (χ0v) is 15.4. The third kappa shape index (κ3) is 5.30. The maximum atomic E-state index is 12.8. The number of hydrogen-bond donors (Lipinski definition) is 1. The van der Waals surface area contributed by atoms with Gasteiger partial charge in [0.15, 0.2) is 5.16 Å². The minimum Gasteiger partial charge on any atom is -0.416 e. The number of anilines is 1. The number of thioether (sulfide) groups is 2. The Balaban J connectivity index is 1.41. The number of aromatic nitrogens is 5. The molecule has 1 N–H and O–H groups in total. The van der Waals surface area contributed by atoms with Crippen LogP contribution in [0.3, 0.4) is 0 Å². The van der Waals surface area contributed by atoms with E-state index >= 15 is 0 Å². The van der Waals surface area contributed by atoms with Crippen LogP contribution in [0.4, 0.5) is 10.1 Å². The number of nitrogens with zero attached hydrogens (tertiary/aromatic N) is 5. The fourth-order valence-electron chi connectivity index (χ4n) is 1.89. The predicted octanol–water partition coefficient (Wildman–Crippen LogP) is 2.40. The van der Waals surface area contributed by atoms with Gasteiger partial charge in [-0.15, -0.1) is 20.4 Å². The fourth-order valence-corrected chi connectivity index (χ4v) is 3.28. The van der Waals surface area contributed by atoms with Gasteiger partial charge in [0, 0.05) is 24.9 Å². The number of halogens is 1. The topological polar surface area (TPSA) is 98.7 Å². The average Bonchev–Trinajstić information content (AvgIpc) is 3.25. The summed E-state index contributed by atoms with van der Waals surface area (Å²) in [4.78, 5) is 11.9. The van der Waals surface area contributed by atoms with Crippen LogP contribution >= 0.6 is 23.5 Å². The molecule has 136 valence electrons. The van der Waals surface area contributed by atoms with Gasteiger partial charge >= 0.3 is 0 Å². The lowest BCUT2D eigenvalue weighted by Crippen LogP contribution is -2.13. The van der Waals surface area contributed by atoms with Crippen molar-refractivity contribution in [2.45, 2.75) is 16.8 Å². The van der Waals surface area contributed by atoms with E-state index in [9.17, 15) is 9.18 Å². The molecule has 3 rings (SSSR count). The van der Waals surface area contributed by atoms with Gasteiger partial charge < -0.3 is 14.3 Å². The molecule has 0 saturated carbocycles. The Hall–Kier alpha value is -2.40. The average molecular weight is 394 g/mol. The van der Waals surface area contributed by atoms with Crippen LogP contribution in [0, 0.1) is 5.82 Å². The van der Waals surface area contributed by atoms with Crippen molar-refractivity contribution in [2.75, 3.05) is 16.8 Å². The minimum atomic E-state index is -0.354. The largest absolute Gasteiger partial charge is 0.416 e.